The van der Waals surface area contributed by atoms with Crippen LogP contribution in [0.2, 0.25) is 0 Å². The van der Waals surface area contributed by atoms with Crippen LogP contribution >= 0.6 is 11.3 Å². The van der Waals surface area contributed by atoms with Gasteiger partial charge in [-0.25, -0.2) is 0 Å². The van der Waals surface area contributed by atoms with Crippen molar-refractivity contribution in [2.45, 2.75) is 6.61 Å². The molecule has 2 aromatic carbocycles. The van der Waals surface area contributed by atoms with Crippen LogP contribution in [0.25, 0.3) is 11.5 Å². The Morgan fingerprint density at radius 3 is 2.72 bits per heavy atom. The lowest BCUT2D eigenvalue weighted by molar-refractivity contribution is 0.102. The molecule has 4 rings (SSSR count). The van der Waals surface area contributed by atoms with Gasteiger partial charge < -0.3 is 14.5 Å². The maximum Gasteiger partial charge on any atom is 0.256 e. The first-order valence-corrected chi connectivity index (χ1v) is 9.55. The summed E-state index contributed by atoms with van der Waals surface area (Å²) in [5.41, 5.74) is 2.34. The standard InChI is InChI=1S/C21H14N4O3S/c22-11-14-5-7-16(8-6-14)27-12-19-24-25-21(28-19)17-3-1-2-4-18(17)23-20(26)15-9-10-29-13-15/h1-10,13H,12H2,(H,23,26). The second-order valence-electron chi connectivity index (χ2n) is 5.94. The third-order valence-corrected chi connectivity index (χ3v) is 4.68. The molecule has 0 saturated carbocycles. The summed E-state index contributed by atoms with van der Waals surface area (Å²) in [6, 6.07) is 17.8. The van der Waals surface area contributed by atoms with Crippen LogP contribution in [0.4, 0.5) is 5.69 Å². The molecule has 0 radical (unpaired) electrons. The summed E-state index contributed by atoms with van der Waals surface area (Å²) >= 11 is 1.46. The van der Waals surface area contributed by atoms with Crippen molar-refractivity contribution in [1.29, 1.82) is 5.26 Å². The predicted molar refractivity (Wildman–Crippen MR) is 107 cm³/mol. The molecule has 0 saturated heterocycles. The first kappa shape index (κ1) is 18.4. The van der Waals surface area contributed by atoms with Crippen molar-refractivity contribution in [2.24, 2.45) is 0 Å². The van der Waals surface area contributed by atoms with Gasteiger partial charge in [0.05, 0.1) is 28.4 Å². The Morgan fingerprint density at radius 2 is 1.97 bits per heavy atom. The van der Waals surface area contributed by atoms with Crippen molar-refractivity contribution >= 4 is 22.9 Å². The molecule has 0 atom stereocenters. The highest BCUT2D eigenvalue weighted by molar-refractivity contribution is 7.08. The fraction of sp³-hybridized carbons (Fsp3) is 0.0476. The van der Waals surface area contributed by atoms with E-state index in [1.54, 1.807) is 47.8 Å². The average Bonchev–Trinajstić information content (AvgIpc) is 3.45. The number of benzene rings is 2. The molecule has 2 heterocycles. The number of amides is 1. The van der Waals surface area contributed by atoms with E-state index in [1.807, 2.05) is 17.5 Å². The zero-order valence-electron chi connectivity index (χ0n) is 15.0. The van der Waals surface area contributed by atoms with Crippen LogP contribution < -0.4 is 10.1 Å². The molecule has 1 N–H and O–H groups in total. The summed E-state index contributed by atoms with van der Waals surface area (Å²) in [4.78, 5) is 12.4. The molecule has 0 aliphatic rings. The van der Waals surface area contributed by atoms with E-state index < -0.39 is 0 Å². The lowest BCUT2D eigenvalue weighted by atomic mass is 10.1. The van der Waals surface area contributed by atoms with Gasteiger partial charge in [0.15, 0.2) is 6.61 Å². The SMILES string of the molecule is N#Cc1ccc(OCc2nnc(-c3ccccc3NC(=O)c3ccsc3)o2)cc1. The molecule has 142 valence electrons. The number of nitrogens with one attached hydrogen (secondary N) is 1. The summed E-state index contributed by atoms with van der Waals surface area (Å²) in [6.45, 7) is 0.0856. The Kier molecular flexibility index (Phi) is 5.31. The number of thiophene rings is 1. The minimum atomic E-state index is -0.206. The Bertz CT molecular complexity index is 1160. The van der Waals surface area contributed by atoms with Gasteiger partial charge in [-0.1, -0.05) is 12.1 Å². The van der Waals surface area contributed by atoms with Gasteiger partial charge in [-0.2, -0.15) is 16.6 Å². The van der Waals surface area contributed by atoms with Gasteiger partial charge in [0.25, 0.3) is 11.8 Å². The maximum absolute atomic E-state index is 12.4. The molecule has 8 heteroatoms. The second kappa shape index (κ2) is 8.37. The predicted octanol–water partition coefficient (Wildman–Crippen LogP) is 4.50. The van der Waals surface area contributed by atoms with Crippen molar-refractivity contribution < 1.29 is 13.9 Å². The topological polar surface area (TPSA) is 101 Å². The van der Waals surface area contributed by atoms with Crippen LogP contribution in [0.3, 0.4) is 0 Å². The van der Waals surface area contributed by atoms with E-state index in [0.29, 0.717) is 34.0 Å². The van der Waals surface area contributed by atoms with E-state index in [4.69, 9.17) is 14.4 Å². The van der Waals surface area contributed by atoms with E-state index in [1.165, 1.54) is 11.3 Å². The molecule has 7 nitrogen and oxygen atoms in total. The number of nitrogens with zero attached hydrogens (tertiary/aromatic N) is 3. The Hall–Kier alpha value is -3.96. The highest BCUT2D eigenvalue weighted by Crippen LogP contribution is 2.27. The third-order valence-electron chi connectivity index (χ3n) is 4.00. The number of rotatable bonds is 6. The molecule has 0 spiro atoms. The van der Waals surface area contributed by atoms with Crippen molar-refractivity contribution in [3.63, 3.8) is 0 Å². The molecule has 29 heavy (non-hydrogen) atoms. The number of para-hydroxylation sites is 1. The normalized spacial score (nSPS) is 10.3. The highest BCUT2D eigenvalue weighted by Gasteiger charge is 2.15. The first-order chi connectivity index (χ1) is 14.2. The van der Waals surface area contributed by atoms with Gasteiger partial charge >= 0.3 is 0 Å². The average molecular weight is 402 g/mol. The maximum atomic E-state index is 12.4. The first-order valence-electron chi connectivity index (χ1n) is 8.61. The summed E-state index contributed by atoms with van der Waals surface area (Å²) in [5.74, 6) is 0.961. The van der Waals surface area contributed by atoms with Gasteiger partial charge in [-0.3, -0.25) is 4.79 Å². The number of hydrogen-bond acceptors (Lipinski definition) is 7. The van der Waals surface area contributed by atoms with Gasteiger partial charge in [0.1, 0.15) is 5.75 Å². The van der Waals surface area contributed by atoms with E-state index in [9.17, 15) is 4.79 Å². The van der Waals surface area contributed by atoms with Crippen LogP contribution in [0, 0.1) is 11.3 Å². The second-order valence-corrected chi connectivity index (χ2v) is 6.72. The summed E-state index contributed by atoms with van der Waals surface area (Å²) in [6.07, 6.45) is 0. The zero-order valence-corrected chi connectivity index (χ0v) is 15.8. The summed E-state index contributed by atoms with van der Waals surface area (Å²) in [7, 11) is 0. The molecular weight excluding hydrogens is 388 g/mol. The minimum absolute atomic E-state index is 0.0856. The Balaban J connectivity index is 1.47. The lowest BCUT2D eigenvalue weighted by Gasteiger charge is -2.07. The van der Waals surface area contributed by atoms with Gasteiger partial charge in [0.2, 0.25) is 5.89 Å². The molecule has 1 amide bonds. The number of nitriles is 1. The zero-order chi connectivity index (χ0) is 20.1. The highest BCUT2D eigenvalue weighted by atomic mass is 32.1. The van der Waals surface area contributed by atoms with Crippen LogP contribution in [0.15, 0.2) is 69.8 Å². The minimum Gasteiger partial charge on any atom is -0.484 e. The van der Waals surface area contributed by atoms with Gasteiger partial charge in [-0.15, -0.1) is 10.2 Å². The van der Waals surface area contributed by atoms with Crippen molar-refractivity contribution in [3.8, 4) is 23.3 Å². The van der Waals surface area contributed by atoms with Crippen molar-refractivity contribution in [3.05, 3.63) is 82.4 Å². The molecule has 0 bridgehead atoms. The fourth-order valence-electron chi connectivity index (χ4n) is 2.56. The molecular formula is C21H14N4O3S. The number of ether oxygens (including phenoxy) is 1. The van der Waals surface area contributed by atoms with Crippen molar-refractivity contribution in [2.75, 3.05) is 5.32 Å². The number of aromatic nitrogens is 2. The van der Waals surface area contributed by atoms with Crippen LogP contribution in [-0.2, 0) is 6.61 Å². The van der Waals surface area contributed by atoms with E-state index >= 15 is 0 Å². The van der Waals surface area contributed by atoms with Crippen LogP contribution in [0.5, 0.6) is 5.75 Å². The third kappa shape index (κ3) is 4.31. The van der Waals surface area contributed by atoms with E-state index in [-0.39, 0.29) is 18.4 Å². The fourth-order valence-corrected chi connectivity index (χ4v) is 3.19. The molecule has 0 aliphatic heterocycles. The lowest BCUT2D eigenvalue weighted by Crippen LogP contribution is -2.11. The number of hydrogen-bond donors (Lipinski definition) is 1. The molecule has 0 unspecified atom stereocenters. The number of carbonyl (C=O) groups excluding carboxylic acids is 1. The quantitative estimate of drug-likeness (QED) is 0.509. The molecule has 2 aromatic heterocycles. The Labute approximate surface area is 170 Å². The number of carbonyl (C=O) groups is 1. The summed E-state index contributed by atoms with van der Waals surface area (Å²) < 4.78 is 11.3. The number of anilines is 1. The Morgan fingerprint density at radius 1 is 1.14 bits per heavy atom. The van der Waals surface area contributed by atoms with Crippen LogP contribution in [0.1, 0.15) is 21.8 Å². The summed E-state index contributed by atoms with van der Waals surface area (Å²) in [5, 5.41) is 23.4. The van der Waals surface area contributed by atoms with E-state index in [0.717, 1.165) is 0 Å². The van der Waals surface area contributed by atoms with Gasteiger partial charge in [-0.05, 0) is 47.8 Å². The van der Waals surface area contributed by atoms with Crippen LogP contribution in [-0.4, -0.2) is 16.1 Å². The largest absolute Gasteiger partial charge is 0.484 e. The molecule has 0 aliphatic carbocycles. The molecule has 0 fully saturated rings. The smallest absolute Gasteiger partial charge is 0.256 e. The van der Waals surface area contributed by atoms with Gasteiger partial charge in [0, 0.05) is 5.38 Å². The van der Waals surface area contributed by atoms with Crippen molar-refractivity contribution in [1.82, 2.24) is 10.2 Å². The van der Waals surface area contributed by atoms with E-state index in [2.05, 4.69) is 21.6 Å². The molecule has 4 aromatic rings. The monoisotopic (exact) mass is 402 g/mol.